The Hall–Kier alpha value is -3.35. The summed E-state index contributed by atoms with van der Waals surface area (Å²) in [5.41, 5.74) is 3.25. The Balaban J connectivity index is 1.60. The minimum absolute atomic E-state index is 0.0488. The summed E-state index contributed by atoms with van der Waals surface area (Å²) in [6.45, 7) is 5.83. The van der Waals surface area contributed by atoms with Crippen molar-refractivity contribution >= 4 is 28.5 Å². The molecule has 166 valence electrons. The maximum Gasteiger partial charge on any atom is 0.337 e. The van der Waals surface area contributed by atoms with Crippen LogP contribution in [0.1, 0.15) is 47.3 Å². The molecule has 1 unspecified atom stereocenters. The van der Waals surface area contributed by atoms with E-state index >= 15 is 0 Å². The van der Waals surface area contributed by atoms with Crippen molar-refractivity contribution in [3.05, 3.63) is 63.4 Å². The zero-order chi connectivity index (χ0) is 22.6. The Bertz CT molecular complexity index is 1270. The number of fused-ring (bicyclic) bond motifs is 3. The Morgan fingerprint density at radius 2 is 1.88 bits per heavy atom. The lowest BCUT2D eigenvalue weighted by atomic mass is 9.71. The zero-order valence-electron chi connectivity index (χ0n) is 18.6. The molecule has 2 aliphatic heterocycles. The van der Waals surface area contributed by atoms with E-state index in [1.54, 1.807) is 29.8 Å². The molecule has 1 saturated carbocycles. The van der Waals surface area contributed by atoms with E-state index in [9.17, 15) is 14.7 Å². The predicted octanol–water partition coefficient (Wildman–Crippen LogP) is 3.96. The smallest absolute Gasteiger partial charge is 0.337 e. The van der Waals surface area contributed by atoms with E-state index in [0.717, 1.165) is 30.2 Å². The first kappa shape index (κ1) is 20.5. The molecular formula is C25H28N4O3. The van der Waals surface area contributed by atoms with E-state index < -0.39 is 5.97 Å². The van der Waals surface area contributed by atoms with E-state index in [-0.39, 0.29) is 17.2 Å². The minimum Gasteiger partial charge on any atom is -0.478 e. The maximum atomic E-state index is 13.3. The third-order valence-electron chi connectivity index (χ3n) is 6.90. The molecule has 7 nitrogen and oxygen atoms in total. The number of hydrogen-bond acceptors (Lipinski definition) is 5. The fourth-order valence-electron chi connectivity index (χ4n) is 5.29. The van der Waals surface area contributed by atoms with Crippen molar-refractivity contribution in [1.82, 2.24) is 9.55 Å². The number of aromatic carboxylic acids is 1. The first-order valence-corrected chi connectivity index (χ1v) is 11.2. The van der Waals surface area contributed by atoms with Crippen molar-refractivity contribution in [2.45, 2.75) is 32.7 Å². The topological polar surface area (TPSA) is 87.5 Å². The number of carboxylic acid groups (broad SMARTS) is 1. The van der Waals surface area contributed by atoms with Gasteiger partial charge in [0.1, 0.15) is 0 Å². The largest absolute Gasteiger partial charge is 0.478 e. The molecule has 1 aliphatic carbocycles. The van der Waals surface area contributed by atoms with Crippen molar-refractivity contribution in [3.8, 4) is 0 Å². The number of para-hydroxylation sites is 1. The van der Waals surface area contributed by atoms with Gasteiger partial charge in [0.2, 0.25) is 5.95 Å². The van der Waals surface area contributed by atoms with Crippen molar-refractivity contribution in [1.29, 1.82) is 0 Å². The van der Waals surface area contributed by atoms with Gasteiger partial charge in [0.05, 0.1) is 22.5 Å². The van der Waals surface area contributed by atoms with Crippen LogP contribution in [0.15, 0.2) is 41.2 Å². The molecule has 3 fully saturated rings. The van der Waals surface area contributed by atoms with Crippen LogP contribution in [0.5, 0.6) is 0 Å². The van der Waals surface area contributed by atoms with Gasteiger partial charge >= 0.3 is 5.97 Å². The number of piperidine rings is 2. The average Bonchev–Trinajstić information content (AvgIpc) is 2.75. The first-order chi connectivity index (χ1) is 15.3. The Morgan fingerprint density at radius 1 is 1.19 bits per heavy atom. The van der Waals surface area contributed by atoms with E-state index in [2.05, 4.69) is 10.2 Å². The second-order valence-electron chi connectivity index (χ2n) is 9.35. The van der Waals surface area contributed by atoms with Crippen molar-refractivity contribution in [3.63, 3.8) is 0 Å². The summed E-state index contributed by atoms with van der Waals surface area (Å²) in [5.74, 6) is 1.14. The summed E-state index contributed by atoms with van der Waals surface area (Å²) in [5, 5.41) is 13.5. The molecule has 2 saturated heterocycles. The molecule has 32 heavy (non-hydrogen) atoms. The summed E-state index contributed by atoms with van der Waals surface area (Å²) in [4.78, 5) is 32.2. The highest BCUT2D eigenvalue weighted by Crippen LogP contribution is 2.40. The van der Waals surface area contributed by atoms with Gasteiger partial charge in [0, 0.05) is 31.4 Å². The lowest BCUT2D eigenvalue weighted by molar-refractivity contribution is 0.0698. The van der Waals surface area contributed by atoms with Gasteiger partial charge in [-0.3, -0.25) is 9.36 Å². The molecule has 1 aromatic heterocycles. The van der Waals surface area contributed by atoms with Crippen LogP contribution in [-0.2, 0) is 7.05 Å². The van der Waals surface area contributed by atoms with Gasteiger partial charge in [-0.1, -0.05) is 18.2 Å². The van der Waals surface area contributed by atoms with Gasteiger partial charge in [-0.2, -0.15) is 0 Å². The van der Waals surface area contributed by atoms with Crippen molar-refractivity contribution in [2.24, 2.45) is 18.9 Å². The van der Waals surface area contributed by atoms with Gasteiger partial charge in [-0.05, 0) is 62.3 Å². The van der Waals surface area contributed by atoms with E-state index in [4.69, 9.17) is 4.98 Å². The summed E-state index contributed by atoms with van der Waals surface area (Å²) < 4.78 is 1.67. The summed E-state index contributed by atoms with van der Waals surface area (Å²) in [6.07, 6.45) is 2.57. The molecule has 0 spiro atoms. The quantitative estimate of drug-likeness (QED) is 0.635. The van der Waals surface area contributed by atoms with Crippen LogP contribution in [0, 0.1) is 18.8 Å². The minimum atomic E-state index is -0.979. The molecule has 0 amide bonds. The summed E-state index contributed by atoms with van der Waals surface area (Å²) in [6, 6.07) is 10.6. The molecule has 0 radical (unpaired) electrons. The fourth-order valence-corrected chi connectivity index (χ4v) is 5.29. The number of aromatic nitrogens is 2. The van der Waals surface area contributed by atoms with Crippen LogP contribution in [-0.4, -0.2) is 33.7 Å². The lowest BCUT2D eigenvalue weighted by Gasteiger charge is -2.47. The van der Waals surface area contributed by atoms with E-state index in [1.165, 1.54) is 12.8 Å². The number of hydrogen-bond donors (Lipinski definition) is 2. The molecular weight excluding hydrogens is 404 g/mol. The lowest BCUT2D eigenvalue weighted by Crippen LogP contribution is -2.50. The second kappa shape index (κ2) is 7.65. The van der Waals surface area contributed by atoms with Crippen LogP contribution in [0.3, 0.4) is 0 Å². The monoisotopic (exact) mass is 432 g/mol. The highest BCUT2D eigenvalue weighted by molar-refractivity contribution is 5.94. The summed E-state index contributed by atoms with van der Waals surface area (Å²) >= 11 is 0. The van der Waals surface area contributed by atoms with Gasteiger partial charge in [-0.25, -0.2) is 9.78 Å². The van der Waals surface area contributed by atoms with Crippen LogP contribution >= 0.6 is 0 Å². The summed E-state index contributed by atoms with van der Waals surface area (Å²) in [7, 11) is 1.80. The number of rotatable bonds is 5. The third kappa shape index (κ3) is 3.42. The van der Waals surface area contributed by atoms with Gasteiger partial charge < -0.3 is 15.3 Å². The predicted molar refractivity (Wildman–Crippen MR) is 126 cm³/mol. The Kier molecular flexibility index (Phi) is 4.92. The highest BCUT2D eigenvalue weighted by atomic mass is 16.4. The zero-order valence-corrected chi connectivity index (χ0v) is 18.6. The Labute approximate surface area is 186 Å². The SMILES string of the molecule is Cc1cc(C(C)Nc2ccccc2C(=O)O)c2nc(N3CC4CC(C4)C3)n(C)c(=O)c2c1. The van der Waals surface area contributed by atoms with Gasteiger partial charge in [0.15, 0.2) is 0 Å². The highest BCUT2D eigenvalue weighted by Gasteiger charge is 2.38. The number of nitrogens with one attached hydrogen (secondary N) is 1. The van der Waals surface area contributed by atoms with Crippen molar-refractivity contribution < 1.29 is 9.90 Å². The molecule has 3 aliphatic rings. The Morgan fingerprint density at radius 3 is 2.56 bits per heavy atom. The van der Waals surface area contributed by atoms with Crippen molar-refractivity contribution in [2.75, 3.05) is 23.3 Å². The fraction of sp³-hybridized carbons (Fsp3) is 0.400. The molecule has 1 atom stereocenters. The van der Waals surface area contributed by atoms with Crippen LogP contribution < -0.4 is 15.8 Å². The normalized spacial score (nSPS) is 20.7. The number of nitrogens with zero attached hydrogens (tertiary/aromatic N) is 3. The van der Waals surface area contributed by atoms with Crippen LogP contribution in [0.4, 0.5) is 11.6 Å². The van der Waals surface area contributed by atoms with Crippen LogP contribution in [0.25, 0.3) is 10.9 Å². The second-order valence-corrected chi connectivity index (χ2v) is 9.35. The number of benzene rings is 2. The molecule has 6 rings (SSSR count). The van der Waals surface area contributed by atoms with Crippen LogP contribution in [0.2, 0.25) is 0 Å². The molecule has 3 aromatic rings. The number of carboxylic acids is 1. The first-order valence-electron chi connectivity index (χ1n) is 11.2. The third-order valence-corrected chi connectivity index (χ3v) is 6.90. The number of aryl methyl sites for hydroxylation is 1. The van der Waals surface area contributed by atoms with E-state index in [1.807, 2.05) is 32.0 Å². The van der Waals surface area contributed by atoms with Gasteiger partial charge in [0.25, 0.3) is 5.56 Å². The molecule has 3 heterocycles. The average molecular weight is 433 g/mol. The molecule has 2 N–H and O–H groups in total. The number of anilines is 2. The molecule has 2 bridgehead atoms. The molecule has 7 heteroatoms. The van der Waals surface area contributed by atoms with E-state index in [0.29, 0.717) is 28.4 Å². The maximum absolute atomic E-state index is 13.3. The molecule has 2 aromatic carbocycles. The van der Waals surface area contributed by atoms with Gasteiger partial charge in [-0.15, -0.1) is 0 Å². The standard InChI is InChI=1S/C25H28N4O3/c1-14-8-19(15(2)26-21-7-5-4-6-18(21)24(31)32)22-20(9-14)23(30)28(3)25(27-22)29-12-16-10-17(11-16)13-29/h4-9,15-17,26H,10-13H2,1-3H3,(H,31,32). The number of carbonyl (C=O) groups is 1.